The highest BCUT2D eigenvalue weighted by Crippen LogP contribution is 2.25. The molecule has 0 saturated carbocycles. The van der Waals surface area contributed by atoms with Gasteiger partial charge in [-0.25, -0.2) is 8.78 Å². The van der Waals surface area contributed by atoms with Gasteiger partial charge in [0.1, 0.15) is 0 Å². The van der Waals surface area contributed by atoms with Crippen LogP contribution in [0, 0.1) is 15.2 Å². The predicted molar refractivity (Wildman–Crippen MR) is 81.2 cm³/mol. The molecule has 2 rings (SSSR count). The summed E-state index contributed by atoms with van der Waals surface area (Å²) in [5, 5.41) is 2.63. The van der Waals surface area contributed by atoms with Gasteiger partial charge < -0.3 is 5.32 Å². The van der Waals surface area contributed by atoms with Crippen LogP contribution in [0.4, 0.5) is 14.5 Å². The molecular weight excluding hydrogens is 431 g/mol. The molecule has 2 aromatic carbocycles. The highest BCUT2D eigenvalue weighted by atomic mass is 127. The van der Waals surface area contributed by atoms with E-state index in [2.05, 4.69) is 43.8 Å². The first kappa shape index (κ1) is 14.4. The van der Waals surface area contributed by atoms with E-state index in [0.29, 0.717) is 10.2 Å². The van der Waals surface area contributed by atoms with Crippen LogP contribution >= 0.6 is 38.5 Å². The van der Waals surface area contributed by atoms with Crippen LogP contribution in [0.15, 0.2) is 40.9 Å². The summed E-state index contributed by atoms with van der Waals surface area (Å²) in [6, 6.07) is 8.46. The zero-order valence-electron chi connectivity index (χ0n) is 9.38. The molecule has 0 heterocycles. The summed E-state index contributed by atoms with van der Waals surface area (Å²) in [6.07, 6.45) is 0. The fourth-order valence-electron chi connectivity index (χ4n) is 1.43. The number of nitrogens with one attached hydrogen (secondary N) is 1. The van der Waals surface area contributed by atoms with Gasteiger partial charge in [0.05, 0.1) is 5.69 Å². The molecule has 19 heavy (non-hydrogen) atoms. The summed E-state index contributed by atoms with van der Waals surface area (Å²) in [6.45, 7) is 0. The molecule has 0 fully saturated rings. The third-order valence-corrected chi connectivity index (χ3v) is 3.72. The minimum Gasteiger partial charge on any atom is -0.321 e. The number of hydrogen-bond acceptors (Lipinski definition) is 1. The van der Waals surface area contributed by atoms with Crippen molar-refractivity contribution in [3.63, 3.8) is 0 Å². The van der Waals surface area contributed by atoms with Crippen molar-refractivity contribution in [2.75, 3.05) is 5.32 Å². The van der Waals surface area contributed by atoms with E-state index >= 15 is 0 Å². The van der Waals surface area contributed by atoms with Crippen LogP contribution in [0.1, 0.15) is 10.4 Å². The number of carbonyl (C=O) groups is 1. The maximum Gasteiger partial charge on any atom is 0.255 e. The Kier molecular flexibility index (Phi) is 4.51. The van der Waals surface area contributed by atoms with E-state index < -0.39 is 17.5 Å². The van der Waals surface area contributed by atoms with Crippen LogP contribution in [0.3, 0.4) is 0 Å². The van der Waals surface area contributed by atoms with Gasteiger partial charge in [-0.2, -0.15) is 0 Å². The van der Waals surface area contributed by atoms with E-state index in [1.54, 1.807) is 12.1 Å². The average Bonchev–Trinajstić information content (AvgIpc) is 2.37. The standard InChI is InChI=1S/C13H7BrF2INO/c14-9-3-2-8(17)6-12(9)18-13(19)7-1-4-10(15)11(16)5-7/h1-6H,(H,18,19). The Morgan fingerprint density at radius 2 is 1.84 bits per heavy atom. The van der Waals surface area contributed by atoms with Gasteiger partial charge in [0, 0.05) is 13.6 Å². The molecule has 0 bridgehead atoms. The average molecular weight is 438 g/mol. The summed E-state index contributed by atoms with van der Waals surface area (Å²) in [5.41, 5.74) is 0.631. The van der Waals surface area contributed by atoms with E-state index in [9.17, 15) is 13.6 Å². The lowest BCUT2D eigenvalue weighted by Crippen LogP contribution is -2.13. The molecule has 0 atom stereocenters. The highest BCUT2D eigenvalue weighted by Gasteiger charge is 2.11. The monoisotopic (exact) mass is 437 g/mol. The summed E-state index contributed by atoms with van der Waals surface area (Å²) >= 11 is 5.42. The van der Waals surface area contributed by atoms with Crippen LogP contribution in [-0.2, 0) is 0 Å². The van der Waals surface area contributed by atoms with Crippen LogP contribution in [0.5, 0.6) is 0 Å². The molecule has 2 aromatic rings. The fourth-order valence-corrected chi connectivity index (χ4v) is 2.26. The van der Waals surface area contributed by atoms with Crippen molar-refractivity contribution in [1.82, 2.24) is 0 Å². The van der Waals surface area contributed by atoms with E-state index in [0.717, 1.165) is 15.7 Å². The van der Waals surface area contributed by atoms with Crippen molar-refractivity contribution in [2.45, 2.75) is 0 Å². The molecule has 0 saturated heterocycles. The van der Waals surface area contributed by atoms with Crippen molar-refractivity contribution in [1.29, 1.82) is 0 Å². The Bertz CT molecular complexity index is 649. The number of amides is 1. The first-order chi connectivity index (χ1) is 8.97. The smallest absolute Gasteiger partial charge is 0.255 e. The first-order valence-corrected chi connectivity index (χ1v) is 7.06. The molecular formula is C13H7BrF2INO. The molecule has 6 heteroatoms. The highest BCUT2D eigenvalue weighted by molar-refractivity contribution is 14.1. The minimum absolute atomic E-state index is 0.0599. The van der Waals surface area contributed by atoms with E-state index in [-0.39, 0.29) is 5.56 Å². The van der Waals surface area contributed by atoms with E-state index in [1.807, 2.05) is 6.07 Å². The third kappa shape index (κ3) is 3.50. The number of rotatable bonds is 2. The van der Waals surface area contributed by atoms with Gasteiger partial charge in [-0.3, -0.25) is 4.79 Å². The van der Waals surface area contributed by atoms with Crippen LogP contribution in [-0.4, -0.2) is 5.91 Å². The molecule has 1 amide bonds. The molecule has 98 valence electrons. The summed E-state index contributed by atoms with van der Waals surface area (Å²) in [4.78, 5) is 11.9. The zero-order valence-corrected chi connectivity index (χ0v) is 13.1. The Morgan fingerprint density at radius 3 is 2.53 bits per heavy atom. The second-order valence-corrected chi connectivity index (χ2v) is 5.81. The van der Waals surface area contributed by atoms with Crippen LogP contribution in [0.25, 0.3) is 0 Å². The molecule has 0 aromatic heterocycles. The second-order valence-electron chi connectivity index (χ2n) is 3.71. The van der Waals surface area contributed by atoms with Gasteiger partial charge >= 0.3 is 0 Å². The third-order valence-electron chi connectivity index (χ3n) is 2.36. The van der Waals surface area contributed by atoms with Crippen molar-refractivity contribution in [2.24, 2.45) is 0 Å². The van der Waals surface area contributed by atoms with Gasteiger partial charge in [-0.15, -0.1) is 0 Å². The van der Waals surface area contributed by atoms with Crippen LogP contribution in [0.2, 0.25) is 0 Å². The van der Waals surface area contributed by atoms with Gasteiger partial charge in [-0.1, -0.05) is 0 Å². The summed E-state index contributed by atoms with van der Waals surface area (Å²) in [7, 11) is 0. The maximum atomic E-state index is 13.1. The Labute approximate surface area is 130 Å². The second kappa shape index (κ2) is 5.96. The summed E-state index contributed by atoms with van der Waals surface area (Å²) in [5.74, 6) is -2.53. The van der Waals surface area contributed by atoms with Crippen molar-refractivity contribution in [3.8, 4) is 0 Å². The van der Waals surface area contributed by atoms with Gasteiger partial charge in [-0.05, 0) is 74.9 Å². The minimum atomic E-state index is -1.05. The molecule has 0 unspecified atom stereocenters. The maximum absolute atomic E-state index is 13.1. The Balaban J connectivity index is 2.25. The number of anilines is 1. The van der Waals surface area contributed by atoms with Gasteiger partial charge in [0.2, 0.25) is 0 Å². The van der Waals surface area contributed by atoms with Crippen molar-refractivity contribution >= 4 is 50.1 Å². The van der Waals surface area contributed by atoms with Gasteiger partial charge in [0.15, 0.2) is 11.6 Å². The molecule has 0 aliphatic carbocycles. The molecule has 0 aliphatic heterocycles. The Hall–Kier alpha value is -1.02. The number of halogens is 4. The summed E-state index contributed by atoms with van der Waals surface area (Å²) < 4.78 is 27.5. The zero-order chi connectivity index (χ0) is 14.0. The fraction of sp³-hybridized carbons (Fsp3) is 0. The van der Waals surface area contributed by atoms with Crippen LogP contribution < -0.4 is 5.32 Å². The van der Waals surface area contributed by atoms with Crippen molar-refractivity contribution < 1.29 is 13.6 Å². The molecule has 0 radical (unpaired) electrons. The SMILES string of the molecule is O=C(Nc1cc(I)ccc1Br)c1ccc(F)c(F)c1. The lowest BCUT2D eigenvalue weighted by atomic mass is 10.2. The van der Waals surface area contributed by atoms with Crippen molar-refractivity contribution in [3.05, 3.63) is 61.6 Å². The lowest BCUT2D eigenvalue weighted by molar-refractivity contribution is 0.102. The quantitative estimate of drug-likeness (QED) is 0.684. The molecule has 0 aliphatic rings. The lowest BCUT2D eigenvalue weighted by Gasteiger charge is -2.08. The molecule has 1 N–H and O–H groups in total. The van der Waals surface area contributed by atoms with Gasteiger partial charge in [0.25, 0.3) is 5.91 Å². The Morgan fingerprint density at radius 1 is 1.11 bits per heavy atom. The number of carbonyl (C=O) groups excluding carboxylic acids is 1. The molecule has 2 nitrogen and oxygen atoms in total. The normalized spacial score (nSPS) is 10.3. The topological polar surface area (TPSA) is 29.1 Å². The first-order valence-electron chi connectivity index (χ1n) is 5.19. The number of hydrogen-bond donors (Lipinski definition) is 1. The predicted octanol–water partition coefficient (Wildman–Crippen LogP) is 4.58. The number of benzene rings is 2. The van der Waals surface area contributed by atoms with E-state index in [1.165, 1.54) is 6.07 Å². The largest absolute Gasteiger partial charge is 0.321 e. The van der Waals surface area contributed by atoms with E-state index in [4.69, 9.17) is 0 Å². The molecule has 0 spiro atoms.